The maximum atomic E-state index is 9.76. The summed E-state index contributed by atoms with van der Waals surface area (Å²) < 4.78 is 253. The van der Waals surface area contributed by atoms with E-state index in [1.54, 1.807) is 0 Å². The first-order chi connectivity index (χ1) is 39.4. The first kappa shape index (κ1) is 14.4. The fourth-order valence-corrected chi connectivity index (χ4v) is 7.48. The van der Waals surface area contributed by atoms with Gasteiger partial charge in [0.2, 0.25) is 0 Å². The predicted molar refractivity (Wildman–Crippen MR) is 242 cm³/mol. The lowest BCUT2D eigenvalue weighted by Crippen LogP contribution is -1.94. The van der Waals surface area contributed by atoms with Crippen LogP contribution in [0.25, 0.3) is 120 Å². The van der Waals surface area contributed by atoms with Crippen LogP contribution in [0.3, 0.4) is 0 Å². The molecule has 0 saturated carbocycles. The molecule has 56 heavy (non-hydrogen) atoms. The van der Waals surface area contributed by atoms with Crippen molar-refractivity contribution >= 4 is 75.4 Å². The van der Waals surface area contributed by atoms with Crippen LogP contribution in [0.4, 0.5) is 0 Å². The van der Waals surface area contributed by atoms with E-state index in [-0.39, 0.29) is 54.6 Å². The van der Waals surface area contributed by atoms with Crippen molar-refractivity contribution < 1.29 is 38.4 Å². The molecule has 0 N–H and O–H groups in total. The molecule has 258 valence electrons. The third-order valence-corrected chi connectivity index (χ3v) is 9.98. The minimum Gasteiger partial charge on any atom is -0.0616 e. The third kappa shape index (κ3) is 4.79. The molecule has 0 unspecified atom stereocenters. The molecule has 0 radical (unpaired) electrons. The zero-order chi connectivity index (χ0) is 61.1. The smallest absolute Gasteiger partial charge is 0.0616 e. The van der Waals surface area contributed by atoms with E-state index < -0.39 is 235 Å². The quantitative estimate of drug-likeness (QED) is 0.158. The Hall–Kier alpha value is -7.28. The van der Waals surface area contributed by atoms with E-state index >= 15 is 0 Å². The normalized spacial score (nSPS) is 18.9. The predicted octanol–water partition coefficient (Wildman–Crippen LogP) is 15.9. The molecule has 0 aliphatic rings. The summed E-state index contributed by atoms with van der Waals surface area (Å²) in [6, 6.07) is -12.1. The van der Waals surface area contributed by atoms with Crippen molar-refractivity contribution in [3.63, 3.8) is 0 Å². The van der Waals surface area contributed by atoms with Crippen LogP contribution in [0.5, 0.6) is 0 Å². The highest BCUT2D eigenvalue weighted by atomic mass is 14.2. The van der Waals surface area contributed by atoms with Gasteiger partial charge in [-0.3, -0.25) is 0 Å². The molecule has 0 aliphatic heterocycles. The zero-order valence-corrected chi connectivity index (χ0v) is 28.5. The minimum atomic E-state index is -0.771. The fraction of sp³-hybridized carbons (Fsp3) is 0. The van der Waals surface area contributed by atoms with Crippen LogP contribution in [0.2, 0.25) is 0 Å². The number of hydrogen-bond acceptors (Lipinski definition) is 0. The van der Waals surface area contributed by atoms with Crippen molar-refractivity contribution in [1.82, 2.24) is 0 Å². The van der Waals surface area contributed by atoms with Gasteiger partial charge in [-0.1, -0.05) is 169 Å². The molecule has 12 aromatic carbocycles. The lowest BCUT2D eigenvalue weighted by molar-refractivity contribution is 1.65. The number of fused-ring (bicyclic) bond motifs is 4. The van der Waals surface area contributed by atoms with Gasteiger partial charge in [-0.2, -0.15) is 0 Å². The van der Waals surface area contributed by atoms with Gasteiger partial charge in [0.05, 0.1) is 38.4 Å². The van der Waals surface area contributed by atoms with Gasteiger partial charge in [-0.25, -0.2) is 0 Å². The molecule has 12 aromatic rings. The Morgan fingerprint density at radius 2 is 0.482 bits per heavy atom. The van der Waals surface area contributed by atoms with Crippen LogP contribution < -0.4 is 0 Å². The molecule has 0 fully saturated rings. The SMILES string of the molecule is [2H]c1c([2H])c([2H])c2c([2H])c(-c3cc(-c4c([2H])c([2H])c5c([2H])c([2H])c([2H])c([2H])c5c4[2H])c4ccc5c(-c6c([2H])c([2H])c7c([2H])c([2H])c([2H])c([2H])c7c6[2H])cc(-c6c([2H])c([2H])c7c([2H])c([2H])c([2H])c([2H])c7c6[2H])c6ccc3c4c65)c([2H])c([2H])c2c1[2H]. The summed E-state index contributed by atoms with van der Waals surface area (Å²) >= 11 is 0. The zero-order valence-electron chi connectivity index (χ0n) is 56.5. The first-order valence-corrected chi connectivity index (χ1v) is 17.2. The molecule has 0 aromatic heterocycles. The molecule has 12 rings (SSSR count). The van der Waals surface area contributed by atoms with E-state index in [0.29, 0.717) is 0 Å². The second kappa shape index (κ2) is 12.1. The molecular formula is C56H34. The Kier molecular flexibility index (Phi) is 3.12. The van der Waals surface area contributed by atoms with Gasteiger partial charge in [0.15, 0.2) is 0 Å². The summed E-state index contributed by atoms with van der Waals surface area (Å²) in [4.78, 5) is 0. The highest BCUT2D eigenvalue weighted by Crippen LogP contribution is 2.49. The number of benzene rings is 12. The molecule has 0 amide bonds. The van der Waals surface area contributed by atoms with E-state index in [1.807, 2.05) is 0 Å². The van der Waals surface area contributed by atoms with E-state index in [1.165, 1.54) is 36.4 Å². The number of hydrogen-bond donors (Lipinski definition) is 0. The highest BCUT2D eigenvalue weighted by molar-refractivity contribution is 6.32. The van der Waals surface area contributed by atoms with Crippen molar-refractivity contribution in [2.24, 2.45) is 0 Å². The van der Waals surface area contributed by atoms with E-state index in [2.05, 4.69) is 0 Å². The van der Waals surface area contributed by atoms with Crippen molar-refractivity contribution in [2.75, 3.05) is 0 Å². The van der Waals surface area contributed by atoms with Crippen molar-refractivity contribution in [3.05, 3.63) is 206 Å². The van der Waals surface area contributed by atoms with Crippen LogP contribution in [-0.4, -0.2) is 0 Å². The highest BCUT2D eigenvalue weighted by Gasteiger charge is 2.21. The summed E-state index contributed by atoms with van der Waals surface area (Å²) in [5.74, 6) is 0. The molecular weight excluding hydrogens is 673 g/mol. The summed E-state index contributed by atoms with van der Waals surface area (Å²) in [7, 11) is 0. The van der Waals surface area contributed by atoms with E-state index in [9.17, 15) is 16.4 Å². The van der Waals surface area contributed by atoms with Crippen LogP contribution in [0, 0.1) is 0 Å². The molecule has 0 heteroatoms. The lowest BCUT2D eigenvalue weighted by atomic mass is 9.81. The Morgan fingerprint density at radius 3 is 0.732 bits per heavy atom. The van der Waals surface area contributed by atoms with Crippen molar-refractivity contribution in [1.29, 1.82) is 0 Å². The summed E-state index contributed by atoms with van der Waals surface area (Å²) in [6.07, 6.45) is 0. The molecule has 0 heterocycles. The van der Waals surface area contributed by atoms with E-state index in [4.69, 9.17) is 21.9 Å². The number of rotatable bonds is 4. The van der Waals surface area contributed by atoms with Crippen LogP contribution >= 0.6 is 0 Å². The molecule has 0 saturated heterocycles. The monoisotopic (exact) mass is 734 g/mol. The maximum absolute atomic E-state index is 9.76. The fourth-order valence-electron chi connectivity index (χ4n) is 7.48. The Bertz CT molecular complexity index is 4530. The molecule has 0 spiro atoms. The second-order valence-corrected chi connectivity index (χ2v) is 13.0. The minimum absolute atomic E-state index is 0.0279. The van der Waals surface area contributed by atoms with Gasteiger partial charge in [0.25, 0.3) is 0 Å². The van der Waals surface area contributed by atoms with Crippen LogP contribution in [0.1, 0.15) is 38.4 Å². The Labute approximate surface area is 364 Å². The van der Waals surface area contributed by atoms with Gasteiger partial charge >= 0.3 is 0 Å². The summed E-state index contributed by atoms with van der Waals surface area (Å²) in [5.41, 5.74) is -2.43. The van der Waals surface area contributed by atoms with Crippen LogP contribution in [0.15, 0.2) is 206 Å². The van der Waals surface area contributed by atoms with Crippen molar-refractivity contribution in [3.8, 4) is 44.5 Å². The molecule has 0 atom stereocenters. The lowest BCUT2D eigenvalue weighted by Gasteiger charge is -2.22. The average molecular weight is 735 g/mol. The van der Waals surface area contributed by atoms with Gasteiger partial charge in [0, 0.05) is 0 Å². The first-order valence-electron chi connectivity index (χ1n) is 31.2. The van der Waals surface area contributed by atoms with E-state index in [0.717, 1.165) is 0 Å². The largest absolute Gasteiger partial charge is 0.0636 e. The van der Waals surface area contributed by atoms with Gasteiger partial charge in [-0.05, 0) is 156 Å². The summed E-state index contributed by atoms with van der Waals surface area (Å²) in [6.45, 7) is 0. The Morgan fingerprint density at radius 1 is 0.250 bits per heavy atom. The van der Waals surface area contributed by atoms with Gasteiger partial charge < -0.3 is 0 Å². The average Bonchev–Trinajstić information content (AvgIpc) is 0.724. The molecule has 0 aliphatic carbocycles. The van der Waals surface area contributed by atoms with Crippen LogP contribution in [-0.2, 0) is 0 Å². The standard InChI is InChI=1S/C56H34/c1-5-13-39-29-43(21-17-35(39)9-1)51-33-52(44-22-18-36-10-2-6-14-40(36)30-44)48-27-28-50-54(46-24-20-38-12-4-8-16-42(38)32-46)34-53(49-26-25-47(51)55(48)56(49)50)45-23-19-37-11-3-7-15-41(37)31-45/h1-34H/i1D,2D,3D,4D,5D,6D,7D,8D,9D,10D,11D,12D,13D,14D,15D,16D,17D,18D,19D,20D,21D,22D,23D,24D,29D,30D,31D,32D. The van der Waals surface area contributed by atoms with Gasteiger partial charge in [0.1, 0.15) is 0 Å². The maximum Gasteiger partial charge on any atom is 0.0636 e. The molecule has 0 bridgehead atoms. The second-order valence-electron chi connectivity index (χ2n) is 13.0. The summed E-state index contributed by atoms with van der Waals surface area (Å²) in [5, 5.41) is -3.45. The van der Waals surface area contributed by atoms with Gasteiger partial charge in [-0.15, -0.1) is 0 Å². The topological polar surface area (TPSA) is 0 Å². The third-order valence-electron chi connectivity index (χ3n) is 9.98. The Balaban J connectivity index is 1.38. The van der Waals surface area contributed by atoms with Crippen molar-refractivity contribution in [2.45, 2.75) is 0 Å². The molecule has 0 nitrogen and oxygen atoms in total.